The summed E-state index contributed by atoms with van der Waals surface area (Å²) in [5.41, 5.74) is 6.64. The number of nitrogens with one attached hydrogen (secondary N) is 1. The van der Waals surface area contributed by atoms with E-state index in [4.69, 9.17) is 10.5 Å². The van der Waals surface area contributed by atoms with E-state index in [9.17, 15) is 9.18 Å². The van der Waals surface area contributed by atoms with Gasteiger partial charge in [-0.3, -0.25) is 4.79 Å². The van der Waals surface area contributed by atoms with Crippen molar-refractivity contribution < 1.29 is 13.9 Å². The van der Waals surface area contributed by atoms with Crippen molar-refractivity contribution in [2.45, 2.75) is 50.6 Å². The highest BCUT2D eigenvalue weighted by molar-refractivity contribution is 5.85. The summed E-state index contributed by atoms with van der Waals surface area (Å²) in [4.78, 5) is 11.9. The third-order valence-corrected chi connectivity index (χ3v) is 3.99. The zero-order valence-electron chi connectivity index (χ0n) is 12.8. The van der Waals surface area contributed by atoms with Crippen molar-refractivity contribution in [2.24, 2.45) is 5.73 Å². The molecular formula is C16H24ClFN2O2. The third kappa shape index (κ3) is 5.46. The minimum Gasteiger partial charge on any atom is -0.494 e. The molecular weight excluding hydrogens is 307 g/mol. The predicted molar refractivity (Wildman–Crippen MR) is 86.9 cm³/mol. The lowest BCUT2D eigenvalue weighted by atomic mass is 9.91. The zero-order valence-corrected chi connectivity index (χ0v) is 13.6. The van der Waals surface area contributed by atoms with Crippen LogP contribution >= 0.6 is 12.4 Å². The summed E-state index contributed by atoms with van der Waals surface area (Å²) in [5, 5.41) is 3.03. The maximum atomic E-state index is 13.5. The summed E-state index contributed by atoms with van der Waals surface area (Å²) in [5.74, 6) is -0.148. The van der Waals surface area contributed by atoms with E-state index in [0.717, 1.165) is 31.2 Å². The molecule has 124 valence electrons. The second kappa shape index (κ2) is 8.96. The fraction of sp³-hybridized carbons (Fsp3) is 0.562. The molecule has 4 nitrogen and oxygen atoms in total. The van der Waals surface area contributed by atoms with Crippen LogP contribution in [0, 0.1) is 5.82 Å². The van der Waals surface area contributed by atoms with Gasteiger partial charge in [-0.25, -0.2) is 4.39 Å². The van der Waals surface area contributed by atoms with Gasteiger partial charge in [-0.05, 0) is 49.8 Å². The summed E-state index contributed by atoms with van der Waals surface area (Å²) in [7, 11) is 1.43. The number of rotatable bonds is 5. The number of aryl methyl sites for hydroxylation is 1. The molecule has 6 heteroatoms. The van der Waals surface area contributed by atoms with E-state index >= 15 is 0 Å². The molecule has 0 aromatic heterocycles. The highest BCUT2D eigenvalue weighted by atomic mass is 35.5. The lowest BCUT2D eigenvalue weighted by molar-refractivity contribution is -0.122. The average molecular weight is 331 g/mol. The standard InChI is InChI=1S/C16H23FN2O2.ClH/c1-21-15-8-2-11(10-14(15)17)3-9-16(20)19-13-6-4-12(18)5-7-13;/h2,8,10,12-13H,3-7,9,18H2,1H3,(H,19,20);1H. The molecule has 1 aliphatic carbocycles. The van der Waals surface area contributed by atoms with Gasteiger partial charge < -0.3 is 15.8 Å². The molecule has 0 aliphatic heterocycles. The van der Waals surface area contributed by atoms with Gasteiger partial charge in [0.1, 0.15) is 0 Å². The van der Waals surface area contributed by atoms with Crippen molar-refractivity contribution in [3.63, 3.8) is 0 Å². The highest BCUT2D eigenvalue weighted by Crippen LogP contribution is 2.19. The number of ether oxygens (including phenoxy) is 1. The van der Waals surface area contributed by atoms with Crippen LogP contribution < -0.4 is 15.8 Å². The molecule has 3 N–H and O–H groups in total. The van der Waals surface area contributed by atoms with Gasteiger partial charge in [0.05, 0.1) is 7.11 Å². The van der Waals surface area contributed by atoms with E-state index in [1.807, 2.05) is 0 Å². The van der Waals surface area contributed by atoms with Crippen molar-refractivity contribution in [3.05, 3.63) is 29.6 Å². The van der Waals surface area contributed by atoms with Gasteiger partial charge in [-0.2, -0.15) is 0 Å². The predicted octanol–water partition coefficient (Wildman–Crippen LogP) is 2.57. The van der Waals surface area contributed by atoms with Gasteiger partial charge in [-0.1, -0.05) is 6.07 Å². The summed E-state index contributed by atoms with van der Waals surface area (Å²) < 4.78 is 18.4. The van der Waals surface area contributed by atoms with E-state index in [-0.39, 0.29) is 36.1 Å². The summed E-state index contributed by atoms with van der Waals surface area (Å²) >= 11 is 0. The van der Waals surface area contributed by atoms with Gasteiger partial charge in [0.2, 0.25) is 5.91 Å². The molecule has 0 spiro atoms. The van der Waals surface area contributed by atoms with Crippen LogP contribution in [0.1, 0.15) is 37.7 Å². The Labute approximate surface area is 137 Å². The largest absolute Gasteiger partial charge is 0.494 e. The van der Waals surface area contributed by atoms with Gasteiger partial charge in [0, 0.05) is 18.5 Å². The van der Waals surface area contributed by atoms with E-state index in [1.54, 1.807) is 12.1 Å². The second-order valence-electron chi connectivity index (χ2n) is 5.65. The number of hydrogen-bond acceptors (Lipinski definition) is 3. The van der Waals surface area contributed by atoms with E-state index < -0.39 is 5.82 Å². The van der Waals surface area contributed by atoms with Gasteiger partial charge in [0.25, 0.3) is 0 Å². The summed E-state index contributed by atoms with van der Waals surface area (Å²) in [6, 6.07) is 5.32. The number of halogens is 2. The number of benzene rings is 1. The van der Waals surface area contributed by atoms with Gasteiger partial charge >= 0.3 is 0 Å². The van der Waals surface area contributed by atoms with Crippen LogP contribution in [0.4, 0.5) is 4.39 Å². The van der Waals surface area contributed by atoms with Gasteiger partial charge in [-0.15, -0.1) is 12.4 Å². The van der Waals surface area contributed by atoms with Crippen molar-refractivity contribution in [1.29, 1.82) is 0 Å². The van der Waals surface area contributed by atoms with Crippen LogP contribution in [0.3, 0.4) is 0 Å². The first-order chi connectivity index (χ1) is 10.1. The summed E-state index contributed by atoms with van der Waals surface area (Å²) in [6.07, 6.45) is 4.73. The van der Waals surface area contributed by atoms with Crippen molar-refractivity contribution in [2.75, 3.05) is 7.11 Å². The topological polar surface area (TPSA) is 64.3 Å². The van der Waals surface area contributed by atoms with E-state index in [2.05, 4.69) is 5.32 Å². The Morgan fingerprint density at radius 3 is 2.64 bits per heavy atom. The van der Waals surface area contributed by atoms with Crippen molar-refractivity contribution in [3.8, 4) is 5.75 Å². The molecule has 1 fully saturated rings. The maximum absolute atomic E-state index is 13.5. The summed E-state index contributed by atoms with van der Waals surface area (Å²) in [6.45, 7) is 0. The van der Waals surface area contributed by atoms with Gasteiger partial charge in [0.15, 0.2) is 11.6 Å². The Balaban J connectivity index is 0.00000242. The van der Waals surface area contributed by atoms with E-state index in [1.165, 1.54) is 13.2 Å². The van der Waals surface area contributed by atoms with E-state index in [0.29, 0.717) is 12.8 Å². The van der Waals surface area contributed by atoms with Crippen LogP contribution in [0.5, 0.6) is 5.75 Å². The van der Waals surface area contributed by atoms with Crippen molar-refractivity contribution in [1.82, 2.24) is 5.32 Å². The Morgan fingerprint density at radius 2 is 2.05 bits per heavy atom. The molecule has 1 saturated carbocycles. The minimum atomic E-state index is -0.392. The lowest BCUT2D eigenvalue weighted by Gasteiger charge is -2.26. The molecule has 0 radical (unpaired) electrons. The molecule has 0 unspecified atom stereocenters. The first-order valence-corrected chi connectivity index (χ1v) is 7.46. The molecule has 0 saturated heterocycles. The quantitative estimate of drug-likeness (QED) is 0.872. The molecule has 0 bridgehead atoms. The van der Waals surface area contributed by atoms with Crippen LogP contribution in [-0.4, -0.2) is 25.1 Å². The Bertz CT molecular complexity index is 491. The first-order valence-electron chi connectivity index (χ1n) is 7.46. The normalized spacial score (nSPS) is 20.9. The molecule has 1 aliphatic rings. The Kier molecular flexibility index (Phi) is 7.62. The number of amides is 1. The Hall–Kier alpha value is -1.33. The SMILES string of the molecule is COc1ccc(CCC(=O)NC2CCC(N)CC2)cc1F.Cl. The molecule has 1 amide bonds. The van der Waals surface area contributed by atoms with Crippen LogP contribution in [0.2, 0.25) is 0 Å². The lowest BCUT2D eigenvalue weighted by Crippen LogP contribution is -2.40. The molecule has 2 rings (SSSR count). The first kappa shape index (κ1) is 18.7. The number of nitrogens with two attached hydrogens (primary N) is 1. The molecule has 0 heterocycles. The molecule has 0 atom stereocenters. The fourth-order valence-corrected chi connectivity index (χ4v) is 2.69. The zero-order chi connectivity index (χ0) is 15.2. The fourth-order valence-electron chi connectivity index (χ4n) is 2.69. The maximum Gasteiger partial charge on any atom is 0.220 e. The average Bonchev–Trinajstić information content (AvgIpc) is 2.48. The van der Waals surface area contributed by atoms with Crippen LogP contribution in [0.15, 0.2) is 18.2 Å². The van der Waals surface area contributed by atoms with Crippen LogP contribution in [0.25, 0.3) is 0 Å². The smallest absolute Gasteiger partial charge is 0.220 e. The van der Waals surface area contributed by atoms with Crippen LogP contribution in [-0.2, 0) is 11.2 Å². The second-order valence-corrected chi connectivity index (χ2v) is 5.65. The molecule has 22 heavy (non-hydrogen) atoms. The number of methoxy groups -OCH3 is 1. The number of hydrogen-bond donors (Lipinski definition) is 2. The van der Waals surface area contributed by atoms with Crippen molar-refractivity contribution >= 4 is 18.3 Å². The highest BCUT2D eigenvalue weighted by Gasteiger charge is 2.19. The molecule has 1 aromatic rings. The molecule has 1 aromatic carbocycles. The third-order valence-electron chi connectivity index (χ3n) is 3.99. The Morgan fingerprint density at radius 1 is 1.36 bits per heavy atom. The number of carbonyl (C=O) groups is 1. The minimum absolute atomic E-state index is 0. The number of carbonyl (C=O) groups excluding carboxylic acids is 1. The monoisotopic (exact) mass is 330 g/mol.